The van der Waals surface area contributed by atoms with Gasteiger partial charge in [-0.25, -0.2) is 9.18 Å². The van der Waals surface area contributed by atoms with Crippen molar-refractivity contribution in [2.75, 3.05) is 24.5 Å². The molecule has 4 rings (SSSR count). The van der Waals surface area contributed by atoms with Crippen LogP contribution in [0, 0.1) is 5.82 Å². The third-order valence-electron chi connectivity index (χ3n) is 5.42. The van der Waals surface area contributed by atoms with Crippen molar-refractivity contribution in [3.63, 3.8) is 0 Å². The molecule has 0 amide bonds. The number of nitrogens with two attached hydrogens (primary N) is 1. The quantitative estimate of drug-likeness (QED) is 0.807. The number of halogens is 1. The van der Waals surface area contributed by atoms with E-state index in [1.807, 2.05) is 15.5 Å². The largest absolute Gasteiger partial charge is 0.477 e. The normalized spacial score (nSPS) is 17.4. The predicted molar refractivity (Wildman–Crippen MR) is 102 cm³/mol. The number of carbonyl (C=O) groups is 1. The molecule has 2 fully saturated rings. The first-order valence-electron chi connectivity index (χ1n) is 9.24. The lowest BCUT2D eigenvalue weighted by atomic mass is 10.0. The van der Waals surface area contributed by atoms with Crippen LogP contribution in [0.5, 0.6) is 0 Å². The second-order valence-corrected chi connectivity index (χ2v) is 7.22. The summed E-state index contributed by atoms with van der Waals surface area (Å²) in [6, 6.07) is 3.07. The van der Waals surface area contributed by atoms with E-state index in [-0.39, 0.29) is 17.0 Å². The molecule has 1 aliphatic carbocycles. The van der Waals surface area contributed by atoms with Gasteiger partial charge >= 0.3 is 5.97 Å². The average Bonchev–Trinajstić information content (AvgIpc) is 3.48. The van der Waals surface area contributed by atoms with Gasteiger partial charge in [0.05, 0.1) is 11.2 Å². The number of anilines is 1. The summed E-state index contributed by atoms with van der Waals surface area (Å²) in [6.45, 7) is 1.89. The highest BCUT2D eigenvalue weighted by Gasteiger charge is 2.28. The van der Waals surface area contributed by atoms with Crippen molar-refractivity contribution in [1.82, 2.24) is 4.57 Å². The summed E-state index contributed by atoms with van der Waals surface area (Å²) in [5.41, 5.74) is 6.98. The molecular formula is C20H22FN3O3. The number of carboxylic acids is 1. The molecule has 1 aliphatic heterocycles. The summed E-state index contributed by atoms with van der Waals surface area (Å²) >= 11 is 0. The molecule has 1 saturated heterocycles. The van der Waals surface area contributed by atoms with Gasteiger partial charge in [-0.3, -0.25) is 4.79 Å². The fourth-order valence-corrected chi connectivity index (χ4v) is 3.81. The summed E-state index contributed by atoms with van der Waals surface area (Å²) in [5, 5.41) is 9.45. The Kier molecular flexibility index (Phi) is 4.47. The van der Waals surface area contributed by atoms with Crippen LogP contribution < -0.4 is 16.1 Å². The lowest BCUT2D eigenvalue weighted by Gasteiger charge is -2.31. The lowest BCUT2D eigenvalue weighted by molar-refractivity contribution is 0.0695. The van der Waals surface area contributed by atoms with Crippen molar-refractivity contribution in [3.05, 3.63) is 51.6 Å². The van der Waals surface area contributed by atoms with Crippen LogP contribution in [-0.2, 0) is 0 Å². The Hall–Kier alpha value is -2.67. The first-order valence-corrected chi connectivity index (χ1v) is 9.24. The molecule has 142 valence electrons. The van der Waals surface area contributed by atoms with Crippen LogP contribution in [0.4, 0.5) is 10.1 Å². The summed E-state index contributed by atoms with van der Waals surface area (Å²) in [5.74, 6) is -1.77. The van der Waals surface area contributed by atoms with Crippen molar-refractivity contribution in [1.29, 1.82) is 0 Å². The number of hydrogen-bond donors (Lipinski definition) is 2. The van der Waals surface area contributed by atoms with Gasteiger partial charge in [0, 0.05) is 37.3 Å². The van der Waals surface area contributed by atoms with E-state index >= 15 is 0 Å². The van der Waals surface area contributed by atoms with Crippen LogP contribution >= 0.6 is 0 Å². The summed E-state index contributed by atoms with van der Waals surface area (Å²) in [6.07, 6.45) is 6.96. The van der Waals surface area contributed by atoms with Gasteiger partial charge in [-0.2, -0.15) is 0 Å². The van der Waals surface area contributed by atoms with Gasteiger partial charge in [-0.15, -0.1) is 0 Å². The van der Waals surface area contributed by atoms with E-state index in [1.165, 1.54) is 17.8 Å². The molecule has 3 N–H and O–H groups in total. The molecular weight excluding hydrogens is 349 g/mol. The molecule has 0 atom stereocenters. The Morgan fingerprint density at radius 3 is 2.59 bits per heavy atom. The maximum absolute atomic E-state index is 14.8. The van der Waals surface area contributed by atoms with Crippen molar-refractivity contribution in [2.24, 2.45) is 5.73 Å². The van der Waals surface area contributed by atoms with E-state index in [4.69, 9.17) is 5.73 Å². The smallest absolute Gasteiger partial charge is 0.341 e. The fourth-order valence-electron chi connectivity index (χ4n) is 3.81. The highest BCUT2D eigenvalue weighted by atomic mass is 19.1. The van der Waals surface area contributed by atoms with Gasteiger partial charge in [-0.1, -0.05) is 11.6 Å². The average molecular weight is 371 g/mol. The summed E-state index contributed by atoms with van der Waals surface area (Å²) in [4.78, 5) is 25.9. The first kappa shape index (κ1) is 17.7. The molecule has 2 heterocycles. The molecule has 0 bridgehead atoms. The van der Waals surface area contributed by atoms with Crippen LogP contribution in [-0.4, -0.2) is 35.3 Å². The number of nitrogens with zero attached hydrogens (tertiary/aromatic N) is 2. The van der Waals surface area contributed by atoms with E-state index in [9.17, 15) is 19.1 Å². The number of rotatable bonds is 4. The van der Waals surface area contributed by atoms with Crippen LogP contribution in [0.25, 0.3) is 10.9 Å². The van der Waals surface area contributed by atoms with Gasteiger partial charge in [0.2, 0.25) is 5.43 Å². The maximum atomic E-state index is 14.8. The molecule has 27 heavy (non-hydrogen) atoms. The maximum Gasteiger partial charge on any atom is 0.341 e. The van der Waals surface area contributed by atoms with Crippen LogP contribution in [0.2, 0.25) is 0 Å². The topological polar surface area (TPSA) is 88.6 Å². The summed E-state index contributed by atoms with van der Waals surface area (Å²) in [7, 11) is 0. The number of hydrogen-bond acceptors (Lipinski definition) is 4. The van der Waals surface area contributed by atoms with Crippen LogP contribution in [0.1, 0.15) is 42.1 Å². The Morgan fingerprint density at radius 1 is 1.30 bits per heavy atom. The highest BCUT2D eigenvalue weighted by Crippen LogP contribution is 2.38. The number of aromatic nitrogens is 1. The van der Waals surface area contributed by atoms with Gasteiger partial charge < -0.3 is 20.3 Å². The molecule has 2 aromatic rings. The molecule has 0 unspecified atom stereocenters. The Morgan fingerprint density at radius 2 is 2.00 bits per heavy atom. The summed E-state index contributed by atoms with van der Waals surface area (Å²) < 4.78 is 16.7. The second kappa shape index (κ2) is 6.81. The fraction of sp³-hybridized carbons (Fsp3) is 0.400. The number of fused-ring (bicyclic) bond motifs is 1. The first-order chi connectivity index (χ1) is 13.0. The zero-order valence-corrected chi connectivity index (χ0v) is 14.9. The standard InChI is InChI=1S/C20H22FN3O3/c21-16-9-14-17(10-18(16)23-7-4-12(3-6-22)5-8-23)24(13-1-2-13)11-15(19(14)25)20(26)27/h3,9-11,13H,1-2,4-8,22H2,(H,26,27). The number of piperidine rings is 1. The third-order valence-corrected chi connectivity index (χ3v) is 5.42. The predicted octanol–water partition coefficient (Wildman–Crippen LogP) is 2.66. The zero-order valence-electron chi connectivity index (χ0n) is 14.9. The minimum Gasteiger partial charge on any atom is -0.477 e. The van der Waals surface area contributed by atoms with Crippen LogP contribution in [0.15, 0.2) is 34.8 Å². The number of benzene rings is 1. The lowest BCUT2D eigenvalue weighted by Crippen LogP contribution is -2.31. The molecule has 2 aliphatic rings. The highest BCUT2D eigenvalue weighted by molar-refractivity contribution is 5.93. The van der Waals surface area contributed by atoms with Crippen molar-refractivity contribution in [2.45, 2.75) is 31.7 Å². The Bertz CT molecular complexity index is 998. The molecule has 7 heteroatoms. The zero-order chi connectivity index (χ0) is 19.1. The van der Waals surface area contributed by atoms with E-state index in [1.54, 1.807) is 6.07 Å². The van der Waals surface area contributed by atoms with Crippen LogP contribution in [0.3, 0.4) is 0 Å². The van der Waals surface area contributed by atoms with Crippen molar-refractivity contribution >= 4 is 22.6 Å². The van der Waals surface area contributed by atoms with E-state index in [0.717, 1.165) is 25.7 Å². The molecule has 6 nitrogen and oxygen atoms in total. The monoisotopic (exact) mass is 371 g/mol. The Balaban J connectivity index is 1.80. The molecule has 1 aromatic carbocycles. The van der Waals surface area contributed by atoms with Crippen molar-refractivity contribution < 1.29 is 14.3 Å². The van der Waals surface area contributed by atoms with E-state index in [2.05, 4.69) is 0 Å². The SMILES string of the molecule is NCC=C1CCN(c2cc3c(cc2F)c(=O)c(C(=O)O)cn3C2CC2)CC1. The molecule has 0 spiro atoms. The number of carboxylic acid groups (broad SMARTS) is 1. The molecule has 1 aromatic heterocycles. The molecule has 0 radical (unpaired) electrons. The van der Waals surface area contributed by atoms with Crippen molar-refractivity contribution in [3.8, 4) is 0 Å². The minimum absolute atomic E-state index is 0.128. The number of aromatic carboxylic acids is 1. The second-order valence-electron chi connectivity index (χ2n) is 7.22. The van der Waals surface area contributed by atoms with Gasteiger partial charge in [-0.05, 0) is 37.8 Å². The Labute approximate surface area is 155 Å². The molecule has 1 saturated carbocycles. The number of pyridine rings is 1. The van der Waals surface area contributed by atoms with E-state index in [0.29, 0.717) is 30.8 Å². The van der Waals surface area contributed by atoms with Gasteiger partial charge in [0.15, 0.2) is 0 Å². The van der Waals surface area contributed by atoms with Gasteiger partial charge in [0.25, 0.3) is 0 Å². The van der Waals surface area contributed by atoms with E-state index < -0.39 is 17.2 Å². The minimum atomic E-state index is -1.28. The van der Waals surface area contributed by atoms with Gasteiger partial charge in [0.1, 0.15) is 11.4 Å². The third kappa shape index (κ3) is 3.23.